The molecule has 3 aromatic rings. The summed E-state index contributed by atoms with van der Waals surface area (Å²) in [5.74, 6) is 0.633. The molecule has 1 heterocycles. The number of hydrogen-bond acceptors (Lipinski definition) is 4. The van der Waals surface area contributed by atoms with Crippen molar-refractivity contribution in [1.82, 2.24) is 15.0 Å². The topological polar surface area (TPSA) is 59.8 Å². The van der Waals surface area contributed by atoms with Crippen LogP contribution in [-0.2, 0) is 6.54 Å². The molecule has 0 saturated heterocycles. The Kier molecular flexibility index (Phi) is 4.96. The van der Waals surface area contributed by atoms with E-state index >= 15 is 0 Å². The van der Waals surface area contributed by atoms with Crippen LogP contribution in [0.25, 0.3) is 11.0 Å². The molecule has 0 fully saturated rings. The van der Waals surface area contributed by atoms with Crippen LogP contribution in [0.1, 0.15) is 17.3 Å². The number of fused-ring (bicyclic) bond motifs is 1. The lowest BCUT2D eigenvalue weighted by atomic mass is 10.2. The van der Waals surface area contributed by atoms with Crippen molar-refractivity contribution in [3.05, 3.63) is 60.7 Å². The Hall–Kier alpha value is -2.60. The van der Waals surface area contributed by atoms with Gasteiger partial charge in [0.1, 0.15) is 5.52 Å². The molecule has 5 nitrogen and oxygen atoms in total. The number of aryl methyl sites for hydroxylation is 1. The van der Waals surface area contributed by atoms with Gasteiger partial charge in [0.05, 0.1) is 11.2 Å². The maximum Gasteiger partial charge on any atom is 0.255 e. The molecule has 1 N–H and O–H groups in total. The Morgan fingerprint density at radius 2 is 2.17 bits per heavy atom. The van der Waals surface area contributed by atoms with E-state index in [-0.39, 0.29) is 5.91 Å². The second-order valence-electron chi connectivity index (χ2n) is 5.16. The average molecular weight is 338 g/mol. The first-order valence-corrected chi connectivity index (χ1v) is 8.68. The van der Waals surface area contributed by atoms with E-state index in [1.54, 1.807) is 28.6 Å². The van der Waals surface area contributed by atoms with Gasteiger partial charge >= 0.3 is 0 Å². The van der Waals surface area contributed by atoms with Gasteiger partial charge in [0.15, 0.2) is 0 Å². The van der Waals surface area contributed by atoms with Crippen molar-refractivity contribution in [3.63, 3.8) is 0 Å². The molecule has 3 rings (SSSR count). The van der Waals surface area contributed by atoms with Crippen LogP contribution >= 0.6 is 11.8 Å². The number of carbonyl (C=O) groups excluding carboxylic acids is 1. The normalized spacial score (nSPS) is 10.7. The van der Waals surface area contributed by atoms with Gasteiger partial charge in [-0.1, -0.05) is 23.4 Å². The Balaban J connectivity index is 1.84. The van der Waals surface area contributed by atoms with Crippen molar-refractivity contribution in [2.45, 2.75) is 18.4 Å². The molecular weight excluding hydrogens is 320 g/mol. The molecule has 1 amide bonds. The van der Waals surface area contributed by atoms with E-state index < -0.39 is 0 Å². The monoisotopic (exact) mass is 338 g/mol. The third-order valence-electron chi connectivity index (χ3n) is 3.57. The lowest BCUT2D eigenvalue weighted by molar-refractivity contribution is 0.102. The van der Waals surface area contributed by atoms with Gasteiger partial charge < -0.3 is 5.32 Å². The smallest absolute Gasteiger partial charge is 0.255 e. The van der Waals surface area contributed by atoms with Gasteiger partial charge in [0.2, 0.25) is 0 Å². The van der Waals surface area contributed by atoms with Crippen LogP contribution in [0.3, 0.4) is 0 Å². The van der Waals surface area contributed by atoms with Crippen LogP contribution in [0.15, 0.2) is 60.0 Å². The molecule has 0 saturated carbocycles. The molecule has 0 atom stereocenters. The van der Waals surface area contributed by atoms with Gasteiger partial charge in [-0.25, -0.2) is 4.68 Å². The highest BCUT2D eigenvalue weighted by atomic mass is 32.2. The van der Waals surface area contributed by atoms with E-state index in [1.807, 2.05) is 43.3 Å². The molecule has 0 spiro atoms. The molecule has 0 bridgehead atoms. The Bertz CT molecular complexity index is 888. The number of nitrogens with one attached hydrogen (secondary N) is 1. The van der Waals surface area contributed by atoms with Crippen LogP contribution in [0.5, 0.6) is 0 Å². The van der Waals surface area contributed by atoms with E-state index in [4.69, 9.17) is 0 Å². The predicted octanol–water partition coefficient (Wildman–Crippen LogP) is 3.98. The number of amides is 1. The summed E-state index contributed by atoms with van der Waals surface area (Å²) < 4.78 is 1.80. The van der Waals surface area contributed by atoms with Crippen LogP contribution in [0.2, 0.25) is 0 Å². The minimum absolute atomic E-state index is 0.158. The number of aromatic nitrogens is 3. The van der Waals surface area contributed by atoms with E-state index in [0.29, 0.717) is 5.56 Å². The molecule has 0 unspecified atom stereocenters. The van der Waals surface area contributed by atoms with Crippen LogP contribution in [-0.4, -0.2) is 26.7 Å². The number of nitrogens with zero attached hydrogens (tertiary/aromatic N) is 3. The molecule has 0 aliphatic heterocycles. The van der Waals surface area contributed by atoms with Crippen molar-refractivity contribution in [1.29, 1.82) is 0 Å². The minimum atomic E-state index is -0.158. The highest BCUT2D eigenvalue weighted by molar-refractivity contribution is 7.99. The number of para-hydroxylation sites is 1. The zero-order valence-corrected chi connectivity index (χ0v) is 14.2. The molecule has 2 aromatic carbocycles. The summed E-state index contributed by atoms with van der Waals surface area (Å²) in [4.78, 5) is 13.6. The molecule has 0 aliphatic rings. The standard InChI is InChI=1S/C18H18N4OS/c1-3-11-24-17-8-6-5-7-14(17)19-18(23)13-9-10-16-15(12-13)20-21-22(16)4-2/h3,5-10,12H,1,4,11H2,2H3,(H,19,23). The van der Waals surface area contributed by atoms with E-state index in [0.717, 1.165) is 33.9 Å². The second-order valence-corrected chi connectivity index (χ2v) is 6.22. The summed E-state index contributed by atoms with van der Waals surface area (Å²) in [6, 6.07) is 13.2. The fraction of sp³-hybridized carbons (Fsp3) is 0.167. The highest BCUT2D eigenvalue weighted by Gasteiger charge is 2.12. The molecule has 0 aliphatic carbocycles. The van der Waals surface area contributed by atoms with E-state index in [2.05, 4.69) is 22.2 Å². The summed E-state index contributed by atoms with van der Waals surface area (Å²) in [6.07, 6.45) is 1.84. The third kappa shape index (κ3) is 3.33. The molecule has 0 radical (unpaired) electrons. The highest BCUT2D eigenvalue weighted by Crippen LogP contribution is 2.27. The Labute approximate surface area is 144 Å². The van der Waals surface area contributed by atoms with Crippen molar-refractivity contribution in [2.75, 3.05) is 11.1 Å². The average Bonchev–Trinajstić information content (AvgIpc) is 3.03. The summed E-state index contributed by atoms with van der Waals surface area (Å²) in [5, 5.41) is 11.2. The largest absolute Gasteiger partial charge is 0.321 e. The van der Waals surface area contributed by atoms with Crippen molar-refractivity contribution >= 4 is 34.4 Å². The number of hydrogen-bond donors (Lipinski definition) is 1. The number of thioether (sulfide) groups is 1. The van der Waals surface area contributed by atoms with E-state index in [9.17, 15) is 4.79 Å². The second kappa shape index (κ2) is 7.31. The predicted molar refractivity (Wildman–Crippen MR) is 98.5 cm³/mol. The van der Waals surface area contributed by atoms with Gasteiger partial charge in [-0.2, -0.15) is 0 Å². The Morgan fingerprint density at radius 3 is 2.96 bits per heavy atom. The molecule has 6 heteroatoms. The van der Waals surface area contributed by atoms with Crippen molar-refractivity contribution < 1.29 is 4.79 Å². The van der Waals surface area contributed by atoms with Crippen molar-refractivity contribution in [3.8, 4) is 0 Å². The molecule has 24 heavy (non-hydrogen) atoms. The first-order valence-electron chi connectivity index (χ1n) is 7.70. The lowest BCUT2D eigenvalue weighted by Gasteiger charge is -2.10. The maximum atomic E-state index is 12.6. The van der Waals surface area contributed by atoms with Crippen LogP contribution in [0.4, 0.5) is 5.69 Å². The number of rotatable bonds is 6. The van der Waals surface area contributed by atoms with Crippen molar-refractivity contribution in [2.24, 2.45) is 0 Å². The third-order valence-corrected chi connectivity index (χ3v) is 4.64. The van der Waals surface area contributed by atoms with Gasteiger partial charge in [0, 0.05) is 22.8 Å². The minimum Gasteiger partial charge on any atom is -0.321 e. The zero-order chi connectivity index (χ0) is 16.9. The summed E-state index contributed by atoms with van der Waals surface area (Å²) >= 11 is 1.63. The van der Waals surface area contributed by atoms with Gasteiger partial charge in [-0.3, -0.25) is 4.79 Å². The van der Waals surface area contributed by atoms with Gasteiger partial charge in [-0.15, -0.1) is 23.4 Å². The van der Waals surface area contributed by atoms with E-state index in [1.165, 1.54) is 0 Å². The maximum absolute atomic E-state index is 12.6. The SMILES string of the molecule is C=CCSc1ccccc1NC(=O)c1ccc2c(c1)nnn2CC. The number of anilines is 1. The molecule has 1 aromatic heterocycles. The summed E-state index contributed by atoms with van der Waals surface area (Å²) in [5.41, 5.74) is 3.01. The van der Waals surface area contributed by atoms with Crippen LogP contribution < -0.4 is 5.32 Å². The quantitative estimate of drug-likeness (QED) is 0.545. The van der Waals surface area contributed by atoms with Crippen LogP contribution in [0, 0.1) is 0 Å². The molecule has 122 valence electrons. The number of benzene rings is 2. The lowest BCUT2D eigenvalue weighted by Crippen LogP contribution is -2.12. The Morgan fingerprint density at radius 1 is 1.33 bits per heavy atom. The summed E-state index contributed by atoms with van der Waals surface area (Å²) in [7, 11) is 0. The first-order chi connectivity index (χ1) is 11.7. The zero-order valence-electron chi connectivity index (χ0n) is 13.4. The fourth-order valence-corrected chi connectivity index (χ4v) is 3.13. The number of carbonyl (C=O) groups is 1. The first kappa shape index (κ1) is 16.3. The molecular formula is C18H18N4OS. The van der Waals surface area contributed by atoms with Gasteiger partial charge in [0.25, 0.3) is 5.91 Å². The summed E-state index contributed by atoms with van der Waals surface area (Å²) in [6.45, 7) is 6.48. The fourth-order valence-electron chi connectivity index (χ4n) is 2.39. The van der Waals surface area contributed by atoms with Gasteiger partial charge in [-0.05, 0) is 37.3 Å².